The number of carbonyl (C=O) groups excluding carboxylic acids is 2. The fourth-order valence-electron chi connectivity index (χ4n) is 2.69. The van der Waals surface area contributed by atoms with Crippen molar-refractivity contribution in [3.8, 4) is 11.5 Å². The monoisotopic (exact) mass is 358 g/mol. The standard InChI is InChI=1S/C18H15ClN2O4/c19-11-1-3-12(4-2-11)20-16(22)18(7-8-18)17(23)21-13-5-6-14-15(9-13)25-10-24-14/h1-6,9H,7-8,10H2,(H,20,22)(H,21,23). The van der Waals surface area contributed by atoms with Gasteiger partial charge in [-0.3, -0.25) is 9.59 Å². The van der Waals surface area contributed by atoms with Gasteiger partial charge in [0.05, 0.1) is 0 Å². The van der Waals surface area contributed by atoms with Crippen LogP contribution in [0.5, 0.6) is 11.5 Å². The summed E-state index contributed by atoms with van der Waals surface area (Å²) in [6, 6.07) is 11.9. The van der Waals surface area contributed by atoms with Crippen molar-refractivity contribution in [3.05, 3.63) is 47.5 Å². The first kappa shape index (κ1) is 15.8. The van der Waals surface area contributed by atoms with E-state index in [-0.39, 0.29) is 18.6 Å². The lowest BCUT2D eigenvalue weighted by atomic mass is 10.0. The topological polar surface area (TPSA) is 76.7 Å². The largest absolute Gasteiger partial charge is 0.454 e. The first-order valence-electron chi connectivity index (χ1n) is 7.85. The summed E-state index contributed by atoms with van der Waals surface area (Å²) in [5, 5.41) is 6.15. The van der Waals surface area contributed by atoms with E-state index >= 15 is 0 Å². The number of hydrogen-bond donors (Lipinski definition) is 2. The van der Waals surface area contributed by atoms with Crippen LogP contribution in [0.15, 0.2) is 42.5 Å². The maximum absolute atomic E-state index is 12.6. The van der Waals surface area contributed by atoms with E-state index in [9.17, 15) is 9.59 Å². The number of ether oxygens (including phenoxy) is 2. The zero-order valence-corrected chi connectivity index (χ0v) is 13.9. The Kier molecular flexibility index (Phi) is 3.77. The van der Waals surface area contributed by atoms with Crippen molar-refractivity contribution in [3.63, 3.8) is 0 Å². The molecule has 2 amide bonds. The third kappa shape index (κ3) is 3.00. The van der Waals surface area contributed by atoms with E-state index in [2.05, 4.69) is 10.6 Å². The smallest absolute Gasteiger partial charge is 0.240 e. The van der Waals surface area contributed by atoms with Crippen LogP contribution in [0.25, 0.3) is 0 Å². The van der Waals surface area contributed by atoms with Crippen molar-refractivity contribution < 1.29 is 19.1 Å². The number of carbonyl (C=O) groups is 2. The van der Waals surface area contributed by atoms with Crippen LogP contribution in [0, 0.1) is 5.41 Å². The third-order valence-electron chi connectivity index (χ3n) is 4.35. The Labute approximate surface area is 149 Å². The summed E-state index contributed by atoms with van der Waals surface area (Å²) in [6.07, 6.45) is 1.03. The van der Waals surface area contributed by atoms with E-state index in [1.807, 2.05) is 0 Å². The van der Waals surface area contributed by atoms with Gasteiger partial charge in [-0.05, 0) is 49.2 Å². The van der Waals surface area contributed by atoms with E-state index in [1.54, 1.807) is 42.5 Å². The van der Waals surface area contributed by atoms with Crippen LogP contribution in [0.2, 0.25) is 5.02 Å². The predicted octanol–water partition coefficient (Wildman–Crippen LogP) is 3.43. The Bertz CT molecular complexity index is 847. The number of nitrogens with one attached hydrogen (secondary N) is 2. The van der Waals surface area contributed by atoms with Gasteiger partial charge >= 0.3 is 0 Å². The summed E-state index contributed by atoms with van der Waals surface area (Å²) in [5.41, 5.74) is 0.145. The van der Waals surface area contributed by atoms with Crippen LogP contribution in [0.3, 0.4) is 0 Å². The molecule has 0 spiro atoms. The van der Waals surface area contributed by atoms with E-state index in [0.717, 1.165) is 0 Å². The fourth-order valence-corrected chi connectivity index (χ4v) is 2.82. The molecular weight excluding hydrogens is 344 g/mol. The molecule has 6 nitrogen and oxygen atoms in total. The number of fused-ring (bicyclic) bond motifs is 1. The average molecular weight is 359 g/mol. The molecule has 1 saturated carbocycles. The lowest BCUT2D eigenvalue weighted by Gasteiger charge is -2.15. The molecule has 1 fully saturated rings. The van der Waals surface area contributed by atoms with E-state index in [0.29, 0.717) is 40.7 Å². The summed E-state index contributed by atoms with van der Waals surface area (Å²) in [5.74, 6) is 0.582. The van der Waals surface area contributed by atoms with Crippen molar-refractivity contribution in [2.45, 2.75) is 12.8 Å². The van der Waals surface area contributed by atoms with Crippen molar-refractivity contribution in [2.75, 3.05) is 17.4 Å². The molecule has 0 unspecified atom stereocenters. The second-order valence-electron chi connectivity index (χ2n) is 6.07. The normalized spacial score (nSPS) is 16.2. The van der Waals surface area contributed by atoms with E-state index < -0.39 is 5.41 Å². The molecule has 128 valence electrons. The fraction of sp³-hybridized carbons (Fsp3) is 0.222. The first-order chi connectivity index (χ1) is 12.1. The predicted molar refractivity (Wildman–Crippen MR) is 92.9 cm³/mol. The highest BCUT2D eigenvalue weighted by Gasteiger charge is 2.56. The van der Waals surface area contributed by atoms with Crippen molar-refractivity contribution in [2.24, 2.45) is 5.41 Å². The molecule has 4 rings (SSSR count). The number of benzene rings is 2. The summed E-state index contributed by atoms with van der Waals surface area (Å²) in [4.78, 5) is 25.2. The minimum absolute atomic E-state index is 0.167. The molecule has 25 heavy (non-hydrogen) atoms. The quantitative estimate of drug-likeness (QED) is 0.821. The minimum atomic E-state index is -1.03. The van der Waals surface area contributed by atoms with Crippen molar-refractivity contribution in [1.29, 1.82) is 0 Å². The van der Waals surface area contributed by atoms with Gasteiger partial charge < -0.3 is 20.1 Å². The molecule has 2 aromatic carbocycles. The SMILES string of the molecule is O=C(Nc1ccc(Cl)cc1)C1(C(=O)Nc2ccc3c(c2)OCO3)CC1. The number of anilines is 2. The maximum Gasteiger partial charge on any atom is 0.240 e. The number of hydrogen-bond acceptors (Lipinski definition) is 4. The van der Waals surface area contributed by atoms with Crippen molar-refractivity contribution in [1.82, 2.24) is 0 Å². The molecular formula is C18H15ClN2O4. The van der Waals surface area contributed by atoms with Crippen LogP contribution in [0.4, 0.5) is 11.4 Å². The molecule has 0 bridgehead atoms. The van der Waals surface area contributed by atoms with Gasteiger partial charge in [-0.15, -0.1) is 0 Å². The Hall–Kier alpha value is -2.73. The van der Waals surface area contributed by atoms with Crippen LogP contribution in [0.1, 0.15) is 12.8 Å². The highest BCUT2D eigenvalue weighted by Crippen LogP contribution is 2.48. The molecule has 0 atom stereocenters. The summed E-state index contributed by atoms with van der Waals surface area (Å²) < 4.78 is 10.5. The van der Waals surface area contributed by atoms with Crippen LogP contribution >= 0.6 is 11.6 Å². The molecule has 2 aliphatic rings. The molecule has 1 aliphatic heterocycles. The van der Waals surface area contributed by atoms with E-state index in [1.165, 1.54) is 0 Å². The van der Waals surface area contributed by atoms with Crippen LogP contribution < -0.4 is 20.1 Å². The zero-order chi connectivity index (χ0) is 17.4. The number of amides is 2. The summed E-state index contributed by atoms with van der Waals surface area (Å²) in [7, 11) is 0. The minimum Gasteiger partial charge on any atom is -0.454 e. The molecule has 7 heteroatoms. The summed E-state index contributed by atoms with van der Waals surface area (Å²) >= 11 is 5.84. The Balaban J connectivity index is 1.45. The molecule has 0 radical (unpaired) electrons. The summed E-state index contributed by atoms with van der Waals surface area (Å²) in [6.45, 7) is 0.167. The Morgan fingerprint density at radius 3 is 2.16 bits per heavy atom. The molecule has 1 heterocycles. The first-order valence-corrected chi connectivity index (χ1v) is 8.23. The molecule has 0 saturated heterocycles. The number of rotatable bonds is 4. The number of halogens is 1. The Morgan fingerprint density at radius 1 is 0.880 bits per heavy atom. The molecule has 0 aromatic heterocycles. The lowest BCUT2D eigenvalue weighted by Crippen LogP contribution is -2.35. The van der Waals surface area contributed by atoms with Gasteiger partial charge in [-0.25, -0.2) is 0 Å². The second-order valence-corrected chi connectivity index (χ2v) is 6.50. The molecule has 2 aromatic rings. The van der Waals surface area contributed by atoms with Crippen LogP contribution in [-0.2, 0) is 9.59 Å². The lowest BCUT2D eigenvalue weighted by molar-refractivity contribution is -0.131. The van der Waals surface area contributed by atoms with Gasteiger partial charge in [0, 0.05) is 22.5 Å². The van der Waals surface area contributed by atoms with Gasteiger partial charge in [0.25, 0.3) is 0 Å². The average Bonchev–Trinajstić information content (AvgIpc) is 3.29. The highest BCUT2D eigenvalue weighted by molar-refractivity contribution is 6.30. The molecule has 1 aliphatic carbocycles. The zero-order valence-electron chi connectivity index (χ0n) is 13.2. The second kappa shape index (κ2) is 5.97. The van der Waals surface area contributed by atoms with Gasteiger partial charge in [-0.1, -0.05) is 11.6 Å². The van der Waals surface area contributed by atoms with Crippen molar-refractivity contribution >= 4 is 34.8 Å². The highest BCUT2D eigenvalue weighted by atomic mass is 35.5. The van der Waals surface area contributed by atoms with E-state index in [4.69, 9.17) is 21.1 Å². The molecule has 2 N–H and O–H groups in total. The van der Waals surface area contributed by atoms with Gasteiger partial charge in [0.1, 0.15) is 5.41 Å². The third-order valence-corrected chi connectivity index (χ3v) is 4.60. The van der Waals surface area contributed by atoms with Gasteiger partial charge in [0.2, 0.25) is 18.6 Å². The van der Waals surface area contributed by atoms with Gasteiger partial charge in [0.15, 0.2) is 11.5 Å². The maximum atomic E-state index is 12.6. The van der Waals surface area contributed by atoms with Crippen LogP contribution in [-0.4, -0.2) is 18.6 Å². The van der Waals surface area contributed by atoms with Gasteiger partial charge in [-0.2, -0.15) is 0 Å². The Morgan fingerprint density at radius 2 is 1.48 bits per heavy atom.